The fourth-order valence-corrected chi connectivity index (χ4v) is 2.78. The van der Waals surface area contributed by atoms with Crippen LogP contribution in [-0.2, 0) is 4.79 Å². The molecule has 0 saturated carbocycles. The van der Waals surface area contributed by atoms with E-state index in [2.05, 4.69) is 0 Å². The fraction of sp³-hybridized carbons (Fsp3) is 0.533. The Balaban J connectivity index is 2.46. The summed E-state index contributed by atoms with van der Waals surface area (Å²) in [5.74, 6) is -6.35. The molecule has 1 fully saturated rings. The largest absolute Gasteiger partial charge is 0.481 e. The second-order valence-corrected chi connectivity index (χ2v) is 6.38. The van der Waals surface area contributed by atoms with Crippen molar-refractivity contribution >= 4 is 5.97 Å². The van der Waals surface area contributed by atoms with Gasteiger partial charge in [0.05, 0.1) is 5.92 Å². The van der Waals surface area contributed by atoms with Crippen molar-refractivity contribution in [3.8, 4) is 0 Å². The molecule has 2 atom stereocenters. The molecule has 0 bridgehead atoms. The maximum Gasteiger partial charge on any atom is 0.308 e. The predicted molar refractivity (Wildman–Crippen MR) is 71.5 cm³/mol. The van der Waals surface area contributed by atoms with E-state index in [-0.39, 0.29) is 18.6 Å². The first-order valence-electron chi connectivity index (χ1n) is 6.74. The van der Waals surface area contributed by atoms with E-state index >= 15 is 0 Å². The molecule has 21 heavy (non-hydrogen) atoms. The Hall–Kier alpha value is -1.56. The van der Waals surface area contributed by atoms with Crippen LogP contribution in [-0.4, -0.2) is 34.6 Å². The molecular formula is C15H18F3NO2. The van der Waals surface area contributed by atoms with Crippen molar-refractivity contribution in [2.75, 3.05) is 13.1 Å². The van der Waals surface area contributed by atoms with Gasteiger partial charge in [-0.15, -0.1) is 0 Å². The summed E-state index contributed by atoms with van der Waals surface area (Å²) in [5.41, 5.74) is -0.794. The Morgan fingerprint density at radius 1 is 1.19 bits per heavy atom. The highest BCUT2D eigenvalue weighted by Gasteiger charge is 2.44. The molecule has 1 aromatic rings. The lowest BCUT2D eigenvalue weighted by atomic mass is 9.88. The summed E-state index contributed by atoms with van der Waals surface area (Å²) in [6, 6.07) is 1.55. The van der Waals surface area contributed by atoms with Gasteiger partial charge in [-0.3, -0.25) is 9.69 Å². The van der Waals surface area contributed by atoms with Crippen LogP contribution in [0, 0.1) is 23.4 Å². The Bertz CT molecular complexity index is 569. The van der Waals surface area contributed by atoms with Gasteiger partial charge in [0.2, 0.25) is 0 Å². The number of carbonyl (C=O) groups is 1. The first kappa shape index (κ1) is 15.8. The summed E-state index contributed by atoms with van der Waals surface area (Å²) in [4.78, 5) is 13.2. The molecule has 6 heteroatoms. The lowest BCUT2D eigenvalue weighted by Gasteiger charge is -2.31. The average Bonchev–Trinajstić information content (AvgIpc) is 2.79. The molecule has 1 aliphatic heterocycles. The monoisotopic (exact) mass is 301 g/mol. The minimum Gasteiger partial charge on any atom is -0.481 e. The van der Waals surface area contributed by atoms with E-state index in [1.807, 2.05) is 25.7 Å². The van der Waals surface area contributed by atoms with Crippen LogP contribution in [0.25, 0.3) is 0 Å². The number of hydrogen-bond donors (Lipinski definition) is 1. The van der Waals surface area contributed by atoms with Crippen LogP contribution in [0.5, 0.6) is 0 Å². The Morgan fingerprint density at radius 2 is 1.76 bits per heavy atom. The van der Waals surface area contributed by atoms with E-state index in [1.54, 1.807) is 0 Å². The van der Waals surface area contributed by atoms with Crippen molar-refractivity contribution in [1.29, 1.82) is 0 Å². The fourth-order valence-electron chi connectivity index (χ4n) is 2.78. The van der Waals surface area contributed by atoms with Crippen molar-refractivity contribution in [1.82, 2.24) is 4.90 Å². The summed E-state index contributed by atoms with van der Waals surface area (Å²) >= 11 is 0. The van der Waals surface area contributed by atoms with Crippen LogP contribution < -0.4 is 0 Å². The molecule has 0 aliphatic carbocycles. The second-order valence-electron chi connectivity index (χ2n) is 6.38. The maximum atomic E-state index is 13.9. The van der Waals surface area contributed by atoms with E-state index < -0.39 is 40.8 Å². The van der Waals surface area contributed by atoms with E-state index in [0.29, 0.717) is 6.07 Å². The number of likely N-dealkylation sites (tertiary alicyclic amines) is 1. The smallest absolute Gasteiger partial charge is 0.308 e. The first-order chi connectivity index (χ1) is 9.62. The summed E-state index contributed by atoms with van der Waals surface area (Å²) in [6.07, 6.45) is 0. The van der Waals surface area contributed by atoms with Gasteiger partial charge < -0.3 is 5.11 Å². The van der Waals surface area contributed by atoms with Crippen molar-refractivity contribution in [2.24, 2.45) is 5.92 Å². The van der Waals surface area contributed by atoms with Crippen LogP contribution in [0.2, 0.25) is 0 Å². The average molecular weight is 301 g/mol. The van der Waals surface area contributed by atoms with Gasteiger partial charge in [0.15, 0.2) is 11.6 Å². The second kappa shape index (κ2) is 5.33. The van der Waals surface area contributed by atoms with E-state index in [0.717, 1.165) is 6.07 Å². The number of hydrogen-bond acceptors (Lipinski definition) is 2. The summed E-state index contributed by atoms with van der Waals surface area (Å²) in [7, 11) is 0. The first-order valence-corrected chi connectivity index (χ1v) is 6.74. The number of carboxylic acids is 1. The zero-order valence-electron chi connectivity index (χ0n) is 12.2. The molecule has 0 amide bonds. The lowest BCUT2D eigenvalue weighted by Crippen LogP contribution is -2.40. The highest BCUT2D eigenvalue weighted by Crippen LogP contribution is 2.38. The minimum absolute atomic E-state index is 0.178. The third-order valence-electron chi connectivity index (χ3n) is 4.04. The van der Waals surface area contributed by atoms with Crippen LogP contribution in [0.15, 0.2) is 12.1 Å². The number of halogens is 3. The van der Waals surface area contributed by atoms with Crippen LogP contribution in [0.1, 0.15) is 32.3 Å². The molecule has 0 spiro atoms. The lowest BCUT2D eigenvalue weighted by molar-refractivity contribution is -0.141. The molecule has 116 valence electrons. The molecular weight excluding hydrogens is 283 g/mol. The van der Waals surface area contributed by atoms with Gasteiger partial charge in [-0.1, -0.05) is 0 Å². The third kappa shape index (κ3) is 2.90. The van der Waals surface area contributed by atoms with Crippen molar-refractivity contribution in [2.45, 2.75) is 32.2 Å². The van der Waals surface area contributed by atoms with Crippen molar-refractivity contribution in [3.05, 3.63) is 35.1 Å². The van der Waals surface area contributed by atoms with E-state index in [4.69, 9.17) is 0 Å². The Kier molecular flexibility index (Phi) is 4.02. The van der Waals surface area contributed by atoms with Crippen molar-refractivity contribution < 1.29 is 23.1 Å². The van der Waals surface area contributed by atoms with Gasteiger partial charge in [-0.25, -0.2) is 13.2 Å². The molecule has 3 nitrogen and oxygen atoms in total. The predicted octanol–water partition coefficient (Wildman–Crippen LogP) is 3.00. The van der Waals surface area contributed by atoms with Crippen LogP contribution >= 0.6 is 0 Å². The van der Waals surface area contributed by atoms with E-state index in [1.165, 1.54) is 0 Å². The summed E-state index contributed by atoms with van der Waals surface area (Å²) in [6.45, 7) is 6.04. The van der Waals surface area contributed by atoms with Gasteiger partial charge >= 0.3 is 5.97 Å². The molecule has 0 aromatic heterocycles. The van der Waals surface area contributed by atoms with Gasteiger partial charge in [0.25, 0.3) is 0 Å². The SMILES string of the molecule is CC(C)(C)N1C[C@H](C(=O)O)[C@@H](c2c(F)ccc(F)c2F)C1. The van der Waals surface area contributed by atoms with Gasteiger partial charge in [-0.05, 0) is 32.9 Å². The maximum absolute atomic E-state index is 13.9. The standard InChI is InChI=1S/C15H18F3NO2/c1-15(2,3)19-6-8(9(7-19)14(20)21)12-10(16)4-5-11(17)13(12)18/h4-5,8-9H,6-7H2,1-3H3,(H,20,21)/t8-,9-/m0/s1. The molecule has 1 aliphatic rings. The number of aliphatic carboxylic acids is 1. The molecule has 1 aromatic carbocycles. The van der Waals surface area contributed by atoms with Crippen molar-refractivity contribution in [3.63, 3.8) is 0 Å². The number of benzene rings is 1. The van der Waals surface area contributed by atoms with E-state index in [9.17, 15) is 23.1 Å². The molecule has 2 rings (SSSR count). The third-order valence-corrected chi connectivity index (χ3v) is 4.04. The highest BCUT2D eigenvalue weighted by molar-refractivity contribution is 5.72. The topological polar surface area (TPSA) is 40.5 Å². The summed E-state index contributed by atoms with van der Waals surface area (Å²) < 4.78 is 41.2. The molecule has 1 N–H and O–H groups in total. The zero-order chi connectivity index (χ0) is 15.9. The molecule has 1 saturated heterocycles. The quantitative estimate of drug-likeness (QED) is 0.854. The minimum atomic E-state index is -1.29. The normalized spacial score (nSPS) is 23.5. The van der Waals surface area contributed by atoms with Gasteiger partial charge in [-0.2, -0.15) is 0 Å². The Labute approximate surface area is 121 Å². The molecule has 0 unspecified atom stereocenters. The zero-order valence-corrected chi connectivity index (χ0v) is 12.2. The van der Waals surface area contributed by atoms with Gasteiger partial charge in [0, 0.05) is 30.1 Å². The summed E-state index contributed by atoms with van der Waals surface area (Å²) in [5, 5.41) is 9.31. The number of carboxylic acid groups (broad SMARTS) is 1. The van der Waals surface area contributed by atoms with Gasteiger partial charge in [0.1, 0.15) is 5.82 Å². The Morgan fingerprint density at radius 3 is 2.29 bits per heavy atom. The molecule has 0 radical (unpaired) electrons. The molecule has 1 heterocycles. The number of nitrogens with zero attached hydrogens (tertiary/aromatic N) is 1. The van der Waals surface area contributed by atoms with Crippen LogP contribution in [0.4, 0.5) is 13.2 Å². The number of rotatable bonds is 2. The highest BCUT2D eigenvalue weighted by atomic mass is 19.2. The van der Waals surface area contributed by atoms with Crippen LogP contribution in [0.3, 0.4) is 0 Å².